The molecule has 16 nitrogen and oxygen atoms in total. The quantitative estimate of drug-likeness (QED) is 0.0353. The SMILES string of the molecule is COc1ccc(C(C)Cl)c(NC(=O)c2ccc(Cl)c(N=NC(C(C)=O)C(=O)Nc3ccc(NC(=O)C(N=Nc4cc(C(=O)Nc5cc(OC)ccc5C(C)Cl)ccc4Cl)C(C)=O)c(C(C)Cl)c3)c2)c1. The second-order valence-corrected chi connectivity index (χ2v) is 18.0. The summed E-state index contributed by atoms with van der Waals surface area (Å²) in [6, 6.07) is 19.6. The number of Topliss-reactive ketones (excluding diaryl/α,β-unsaturated/α-hetero) is 2. The molecule has 21 heteroatoms. The Hall–Kier alpha value is -6.43. The van der Waals surface area contributed by atoms with Gasteiger partial charge in [0.1, 0.15) is 22.9 Å². The Morgan fingerprint density at radius 1 is 0.493 bits per heavy atom. The Labute approximate surface area is 422 Å². The number of nitrogens with zero attached hydrogens (tertiary/aromatic N) is 4. The number of halogens is 5. The monoisotopic (exact) mass is 1040 g/mol. The van der Waals surface area contributed by atoms with E-state index in [1.165, 1.54) is 68.8 Å². The van der Waals surface area contributed by atoms with Crippen molar-refractivity contribution in [1.82, 2.24) is 0 Å². The van der Waals surface area contributed by atoms with Crippen LogP contribution in [0.3, 0.4) is 0 Å². The smallest absolute Gasteiger partial charge is 0.258 e. The van der Waals surface area contributed by atoms with E-state index in [1.54, 1.807) is 57.2 Å². The highest BCUT2D eigenvalue weighted by atomic mass is 35.5. The second-order valence-electron chi connectivity index (χ2n) is 15.2. The number of ketones is 2. The van der Waals surface area contributed by atoms with Gasteiger partial charge in [-0.1, -0.05) is 35.3 Å². The number of hydrogen-bond donors (Lipinski definition) is 4. The van der Waals surface area contributed by atoms with Crippen LogP contribution in [0.15, 0.2) is 111 Å². The van der Waals surface area contributed by atoms with E-state index in [0.29, 0.717) is 39.6 Å². The first-order valence-electron chi connectivity index (χ1n) is 20.8. The lowest BCUT2D eigenvalue weighted by atomic mass is 10.1. The molecule has 69 heavy (non-hydrogen) atoms. The second kappa shape index (κ2) is 24.2. The molecular formula is C48H45Cl5N8O8. The molecule has 0 heterocycles. The molecule has 5 rings (SSSR count). The highest BCUT2D eigenvalue weighted by molar-refractivity contribution is 6.33. The zero-order chi connectivity index (χ0) is 50.7. The first kappa shape index (κ1) is 53.5. The summed E-state index contributed by atoms with van der Waals surface area (Å²) in [5.74, 6) is -3.14. The molecule has 360 valence electrons. The van der Waals surface area contributed by atoms with Gasteiger partial charge in [-0.25, -0.2) is 0 Å². The van der Waals surface area contributed by atoms with Gasteiger partial charge in [0.25, 0.3) is 23.6 Å². The number of hydrogen-bond acceptors (Lipinski definition) is 12. The maximum atomic E-state index is 13.6. The first-order chi connectivity index (χ1) is 32.7. The van der Waals surface area contributed by atoms with Crippen molar-refractivity contribution in [3.63, 3.8) is 0 Å². The van der Waals surface area contributed by atoms with Crippen molar-refractivity contribution >= 4 is 127 Å². The molecule has 0 radical (unpaired) electrons. The molecule has 4 N–H and O–H groups in total. The van der Waals surface area contributed by atoms with Gasteiger partial charge in [-0.3, -0.25) is 28.8 Å². The van der Waals surface area contributed by atoms with Crippen LogP contribution in [0.4, 0.5) is 34.1 Å². The van der Waals surface area contributed by atoms with Gasteiger partial charge in [0, 0.05) is 46.0 Å². The van der Waals surface area contributed by atoms with E-state index in [9.17, 15) is 28.8 Å². The van der Waals surface area contributed by atoms with Crippen molar-refractivity contribution in [2.24, 2.45) is 20.5 Å². The fraction of sp³-hybridized carbons (Fsp3) is 0.250. The highest BCUT2D eigenvalue weighted by Gasteiger charge is 2.27. The van der Waals surface area contributed by atoms with E-state index in [1.807, 2.05) is 0 Å². The number of benzene rings is 5. The fourth-order valence-corrected chi connectivity index (χ4v) is 7.33. The molecule has 0 saturated carbocycles. The van der Waals surface area contributed by atoms with Crippen LogP contribution < -0.4 is 30.7 Å². The molecule has 5 aromatic carbocycles. The Morgan fingerprint density at radius 3 is 1.30 bits per heavy atom. The Bertz CT molecular complexity index is 2860. The lowest BCUT2D eigenvalue weighted by Gasteiger charge is -2.17. The third-order valence-electron chi connectivity index (χ3n) is 10.1. The fourth-order valence-electron chi connectivity index (χ4n) is 6.46. The summed E-state index contributed by atoms with van der Waals surface area (Å²) in [5.41, 5.74) is 3.09. The third kappa shape index (κ3) is 14.1. The van der Waals surface area contributed by atoms with E-state index < -0.39 is 63.4 Å². The van der Waals surface area contributed by atoms with Crippen LogP contribution in [-0.4, -0.2) is 61.5 Å². The van der Waals surface area contributed by atoms with Crippen molar-refractivity contribution in [3.05, 3.63) is 129 Å². The summed E-state index contributed by atoms with van der Waals surface area (Å²) in [6.07, 6.45) is 0. The van der Waals surface area contributed by atoms with Gasteiger partial charge in [-0.2, -0.15) is 20.5 Å². The van der Waals surface area contributed by atoms with Gasteiger partial charge in [0.05, 0.1) is 40.4 Å². The first-order valence-corrected chi connectivity index (χ1v) is 22.9. The average Bonchev–Trinajstić information content (AvgIpc) is 3.29. The normalized spacial score (nSPS) is 13.4. The molecule has 0 aliphatic heterocycles. The van der Waals surface area contributed by atoms with Crippen LogP contribution >= 0.6 is 58.0 Å². The van der Waals surface area contributed by atoms with Gasteiger partial charge in [-0.15, -0.1) is 34.8 Å². The lowest BCUT2D eigenvalue weighted by molar-refractivity contribution is -0.127. The van der Waals surface area contributed by atoms with Crippen molar-refractivity contribution in [1.29, 1.82) is 0 Å². The molecule has 4 amide bonds. The molecule has 0 bridgehead atoms. The van der Waals surface area contributed by atoms with Crippen LogP contribution in [0.25, 0.3) is 0 Å². The molecule has 0 aliphatic rings. The maximum absolute atomic E-state index is 13.6. The molecule has 5 atom stereocenters. The predicted octanol–water partition coefficient (Wildman–Crippen LogP) is 12.8. The van der Waals surface area contributed by atoms with E-state index in [-0.39, 0.29) is 43.9 Å². The van der Waals surface area contributed by atoms with Gasteiger partial charge in [0.15, 0.2) is 11.6 Å². The summed E-state index contributed by atoms with van der Waals surface area (Å²) in [6.45, 7) is 7.41. The van der Waals surface area contributed by atoms with E-state index in [0.717, 1.165) is 13.8 Å². The molecule has 5 unspecified atom stereocenters. The number of carbonyl (C=O) groups excluding carboxylic acids is 6. The van der Waals surface area contributed by atoms with Crippen molar-refractivity contribution in [2.45, 2.75) is 62.8 Å². The minimum atomic E-state index is -1.66. The number of nitrogens with one attached hydrogen (secondary N) is 4. The summed E-state index contributed by atoms with van der Waals surface area (Å²) in [7, 11) is 2.98. The zero-order valence-electron chi connectivity index (χ0n) is 38.0. The number of anilines is 4. The summed E-state index contributed by atoms with van der Waals surface area (Å²) >= 11 is 32.0. The van der Waals surface area contributed by atoms with Crippen LogP contribution in [0, 0.1) is 0 Å². The number of ether oxygens (including phenoxy) is 2. The average molecular weight is 1040 g/mol. The largest absolute Gasteiger partial charge is 0.497 e. The third-order valence-corrected chi connectivity index (χ3v) is 11.5. The Kier molecular flexibility index (Phi) is 18.8. The van der Waals surface area contributed by atoms with Gasteiger partial charge >= 0.3 is 0 Å². The molecule has 5 aromatic rings. The summed E-state index contributed by atoms with van der Waals surface area (Å²) in [4.78, 5) is 79.2. The number of carbonyl (C=O) groups is 6. The molecule has 0 spiro atoms. The summed E-state index contributed by atoms with van der Waals surface area (Å²) < 4.78 is 10.6. The highest BCUT2D eigenvalue weighted by Crippen LogP contribution is 2.35. The lowest BCUT2D eigenvalue weighted by Crippen LogP contribution is -2.32. The maximum Gasteiger partial charge on any atom is 0.258 e. The van der Waals surface area contributed by atoms with Crippen molar-refractivity contribution < 1.29 is 38.2 Å². The van der Waals surface area contributed by atoms with Gasteiger partial charge in [0.2, 0.25) is 12.1 Å². The van der Waals surface area contributed by atoms with E-state index >= 15 is 0 Å². The van der Waals surface area contributed by atoms with Crippen molar-refractivity contribution in [2.75, 3.05) is 35.5 Å². The minimum Gasteiger partial charge on any atom is -0.497 e. The molecule has 0 saturated heterocycles. The standard InChI is InChI=1S/C48H45Cl5N8O8/c1-23(49)33-13-11-31(68-6)21-39(33)56-45(64)28-8-15-36(52)41(18-28)58-60-43(26(4)62)47(66)54-30-10-17-38(35(20-30)25(3)51)55-48(67)44(27(5)63)61-59-42-19-29(9-16-37(42)53)46(65)57-40-22-32(69-7)12-14-34(40)24(2)50/h8-25,43-44H,1-7H3,(H,54,66)(H,55,67)(H,56,64)(H,57,65). The molecule has 0 aliphatic carbocycles. The van der Waals surface area contributed by atoms with Crippen LogP contribution in [0.5, 0.6) is 11.5 Å². The predicted molar refractivity (Wildman–Crippen MR) is 269 cm³/mol. The number of rotatable bonds is 19. The number of azo groups is 2. The number of alkyl halides is 3. The van der Waals surface area contributed by atoms with Crippen LogP contribution in [0.2, 0.25) is 10.0 Å². The van der Waals surface area contributed by atoms with Crippen LogP contribution in [0.1, 0.15) is 88.2 Å². The van der Waals surface area contributed by atoms with E-state index in [2.05, 4.69) is 41.7 Å². The zero-order valence-corrected chi connectivity index (χ0v) is 41.8. The number of methoxy groups -OCH3 is 2. The Morgan fingerprint density at radius 2 is 0.913 bits per heavy atom. The van der Waals surface area contributed by atoms with Crippen LogP contribution in [-0.2, 0) is 19.2 Å². The van der Waals surface area contributed by atoms with E-state index in [4.69, 9.17) is 67.5 Å². The Balaban J connectivity index is 1.30. The summed E-state index contributed by atoms with van der Waals surface area (Å²) in [5, 5.41) is 25.5. The minimum absolute atomic E-state index is 0.000700. The van der Waals surface area contributed by atoms with Gasteiger partial charge in [-0.05, 0) is 118 Å². The van der Waals surface area contributed by atoms with Crippen molar-refractivity contribution in [3.8, 4) is 11.5 Å². The number of amides is 4. The molecule has 0 fully saturated rings. The molecule has 0 aromatic heterocycles. The topological polar surface area (TPSA) is 218 Å². The van der Waals surface area contributed by atoms with Gasteiger partial charge < -0.3 is 30.7 Å². The molecular weight excluding hydrogens is 994 g/mol.